The Kier molecular flexibility index (Phi) is 5.03. The molecule has 130 valence electrons. The molecule has 0 saturated carbocycles. The molecule has 2 aromatic carbocycles. The Labute approximate surface area is 155 Å². The first kappa shape index (κ1) is 17.8. The molecule has 0 radical (unpaired) electrons. The van der Waals surface area contributed by atoms with E-state index in [1.165, 1.54) is 17.0 Å². The van der Waals surface area contributed by atoms with Crippen molar-refractivity contribution in [3.63, 3.8) is 0 Å². The van der Waals surface area contributed by atoms with E-state index in [9.17, 15) is 8.42 Å². The maximum Gasteiger partial charge on any atom is 0.360 e. The normalized spacial score (nSPS) is 11.5. The van der Waals surface area contributed by atoms with Gasteiger partial charge in [-0.25, -0.2) is 4.98 Å². The molecular weight excluding hydrogens is 383 g/mol. The highest BCUT2D eigenvalue weighted by molar-refractivity contribution is 7.87. The van der Waals surface area contributed by atoms with Crippen LogP contribution in [0.3, 0.4) is 0 Å². The summed E-state index contributed by atoms with van der Waals surface area (Å²) >= 11 is 12.0. The van der Waals surface area contributed by atoms with Crippen molar-refractivity contribution in [3.8, 4) is 5.75 Å². The fourth-order valence-electron chi connectivity index (χ4n) is 2.30. The van der Waals surface area contributed by atoms with Gasteiger partial charge >= 0.3 is 10.1 Å². The summed E-state index contributed by atoms with van der Waals surface area (Å²) in [5.74, 6) is 0.190. The van der Waals surface area contributed by atoms with Gasteiger partial charge in [-0.1, -0.05) is 53.5 Å². The lowest BCUT2D eigenvalue weighted by atomic mass is 10.0. The molecule has 0 unspecified atom stereocenters. The molecule has 0 atom stereocenters. The highest BCUT2D eigenvalue weighted by Crippen LogP contribution is 2.29. The molecule has 5 nitrogen and oxygen atoms in total. The van der Waals surface area contributed by atoms with Crippen LogP contribution >= 0.6 is 23.2 Å². The summed E-state index contributed by atoms with van der Waals surface area (Å²) in [7, 11) is -2.56. The number of aromatic nitrogens is 2. The van der Waals surface area contributed by atoms with E-state index in [2.05, 4.69) is 4.98 Å². The number of rotatable bonds is 5. The Hall–Kier alpha value is -2.02. The van der Waals surface area contributed by atoms with Crippen molar-refractivity contribution in [1.82, 2.24) is 9.55 Å². The van der Waals surface area contributed by atoms with Crippen LogP contribution in [0.2, 0.25) is 10.2 Å². The molecule has 0 fully saturated rings. The molecular formula is C17H14Cl2N2O3S. The quantitative estimate of drug-likeness (QED) is 0.609. The van der Waals surface area contributed by atoms with Crippen LogP contribution in [0.25, 0.3) is 0 Å². The summed E-state index contributed by atoms with van der Waals surface area (Å²) in [5.41, 5.74) is 1.65. The van der Waals surface area contributed by atoms with E-state index in [0.717, 1.165) is 5.56 Å². The van der Waals surface area contributed by atoms with Gasteiger partial charge < -0.3 is 8.75 Å². The second kappa shape index (κ2) is 7.07. The van der Waals surface area contributed by atoms with Gasteiger partial charge in [0, 0.05) is 24.1 Å². The first-order valence-electron chi connectivity index (χ1n) is 7.30. The van der Waals surface area contributed by atoms with Crippen LogP contribution in [0, 0.1) is 0 Å². The number of hydrogen-bond acceptors (Lipinski definition) is 4. The van der Waals surface area contributed by atoms with Gasteiger partial charge in [0.2, 0.25) is 5.03 Å². The highest BCUT2D eigenvalue weighted by atomic mass is 35.5. The van der Waals surface area contributed by atoms with Gasteiger partial charge in [0.1, 0.15) is 5.75 Å². The molecule has 3 rings (SSSR count). The van der Waals surface area contributed by atoms with Gasteiger partial charge in [0.05, 0.1) is 6.33 Å². The second-order valence-electron chi connectivity index (χ2n) is 5.40. The van der Waals surface area contributed by atoms with Crippen molar-refractivity contribution in [2.75, 3.05) is 0 Å². The van der Waals surface area contributed by atoms with Crippen molar-refractivity contribution in [1.29, 1.82) is 0 Å². The van der Waals surface area contributed by atoms with Crippen LogP contribution in [0.4, 0.5) is 0 Å². The third-order valence-corrected chi connectivity index (χ3v) is 5.49. The minimum Gasteiger partial charge on any atom is -0.378 e. The molecule has 1 aromatic heterocycles. The van der Waals surface area contributed by atoms with Crippen LogP contribution < -0.4 is 4.18 Å². The molecule has 0 spiro atoms. The van der Waals surface area contributed by atoms with Gasteiger partial charge in [0.15, 0.2) is 5.15 Å². The molecule has 8 heteroatoms. The third-order valence-electron chi connectivity index (χ3n) is 3.53. The van der Waals surface area contributed by atoms with Crippen molar-refractivity contribution in [2.24, 2.45) is 7.05 Å². The summed E-state index contributed by atoms with van der Waals surface area (Å²) < 4.78 is 31.7. The van der Waals surface area contributed by atoms with Gasteiger partial charge in [0.25, 0.3) is 0 Å². The van der Waals surface area contributed by atoms with E-state index in [1.54, 1.807) is 19.2 Å². The predicted octanol–water partition coefficient (Wildman–Crippen LogP) is 4.09. The van der Waals surface area contributed by atoms with Crippen molar-refractivity contribution in [2.45, 2.75) is 11.4 Å². The maximum absolute atomic E-state index is 12.5. The average molecular weight is 397 g/mol. The average Bonchev–Trinajstić information content (AvgIpc) is 2.91. The van der Waals surface area contributed by atoms with E-state index in [-0.39, 0.29) is 15.9 Å². The molecule has 0 amide bonds. The minimum absolute atomic E-state index is 0.0152. The summed E-state index contributed by atoms with van der Waals surface area (Å²) in [6.45, 7) is 0. The van der Waals surface area contributed by atoms with Gasteiger partial charge in [-0.15, -0.1) is 0 Å². The van der Waals surface area contributed by atoms with E-state index in [1.807, 2.05) is 30.3 Å². The van der Waals surface area contributed by atoms with E-state index < -0.39 is 10.1 Å². The maximum atomic E-state index is 12.5. The van der Waals surface area contributed by atoms with Crippen LogP contribution in [-0.2, 0) is 23.6 Å². The lowest BCUT2D eigenvalue weighted by Crippen LogP contribution is -2.12. The molecule has 0 N–H and O–H groups in total. The first-order chi connectivity index (χ1) is 11.9. The predicted molar refractivity (Wildman–Crippen MR) is 96.7 cm³/mol. The van der Waals surface area contributed by atoms with Gasteiger partial charge in [-0.3, -0.25) is 0 Å². The summed E-state index contributed by atoms with van der Waals surface area (Å²) in [6.07, 6.45) is 1.79. The van der Waals surface area contributed by atoms with Crippen LogP contribution in [0.15, 0.2) is 59.9 Å². The third kappa shape index (κ3) is 3.98. The molecule has 0 bridgehead atoms. The number of aryl methyl sites for hydroxylation is 1. The Balaban J connectivity index is 1.96. The SMILES string of the molecule is Cn1cnc(S(=O)(=O)Oc2ccc(Cl)cc2Cc2ccccc2)c1Cl. The Morgan fingerprint density at radius 2 is 1.84 bits per heavy atom. The Bertz CT molecular complexity index is 1000. The summed E-state index contributed by atoms with van der Waals surface area (Å²) in [4.78, 5) is 3.81. The number of imidazole rings is 1. The zero-order valence-corrected chi connectivity index (χ0v) is 15.5. The topological polar surface area (TPSA) is 61.2 Å². The Morgan fingerprint density at radius 3 is 2.48 bits per heavy atom. The standard InChI is InChI=1S/C17H14Cl2N2O3S/c1-21-11-20-17(16(21)19)25(22,23)24-15-8-7-14(18)10-13(15)9-12-5-3-2-4-6-12/h2-8,10-11H,9H2,1H3. The van der Waals surface area contributed by atoms with E-state index in [4.69, 9.17) is 27.4 Å². The van der Waals surface area contributed by atoms with Crippen molar-refractivity contribution in [3.05, 3.63) is 76.2 Å². The summed E-state index contributed by atoms with van der Waals surface area (Å²) in [6, 6.07) is 14.4. The zero-order valence-electron chi connectivity index (χ0n) is 13.2. The monoisotopic (exact) mass is 396 g/mol. The van der Waals surface area contributed by atoms with Crippen LogP contribution in [-0.4, -0.2) is 18.0 Å². The van der Waals surface area contributed by atoms with Crippen LogP contribution in [0.5, 0.6) is 5.75 Å². The molecule has 25 heavy (non-hydrogen) atoms. The number of nitrogens with zero attached hydrogens (tertiary/aromatic N) is 2. The fourth-order valence-corrected chi connectivity index (χ4v) is 3.88. The first-order valence-corrected chi connectivity index (χ1v) is 9.47. The number of hydrogen-bond donors (Lipinski definition) is 0. The van der Waals surface area contributed by atoms with E-state index in [0.29, 0.717) is 17.0 Å². The molecule has 0 saturated heterocycles. The largest absolute Gasteiger partial charge is 0.378 e. The molecule has 3 aromatic rings. The minimum atomic E-state index is -4.16. The highest BCUT2D eigenvalue weighted by Gasteiger charge is 2.25. The van der Waals surface area contributed by atoms with Gasteiger partial charge in [-0.2, -0.15) is 8.42 Å². The fraction of sp³-hybridized carbons (Fsp3) is 0.118. The molecule has 1 heterocycles. The molecule has 0 aliphatic rings. The molecule has 0 aliphatic heterocycles. The smallest absolute Gasteiger partial charge is 0.360 e. The zero-order chi connectivity index (χ0) is 18.0. The van der Waals surface area contributed by atoms with E-state index >= 15 is 0 Å². The van der Waals surface area contributed by atoms with Crippen LogP contribution in [0.1, 0.15) is 11.1 Å². The second-order valence-corrected chi connectivity index (χ2v) is 7.66. The number of halogens is 2. The number of benzene rings is 2. The Morgan fingerprint density at radius 1 is 1.12 bits per heavy atom. The lowest BCUT2D eigenvalue weighted by molar-refractivity contribution is 0.480. The van der Waals surface area contributed by atoms with Crippen molar-refractivity contribution < 1.29 is 12.6 Å². The van der Waals surface area contributed by atoms with Gasteiger partial charge in [-0.05, 0) is 23.8 Å². The van der Waals surface area contributed by atoms with Crippen molar-refractivity contribution >= 4 is 33.3 Å². The summed E-state index contributed by atoms with van der Waals surface area (Å²) in [5, 5.41) is 0.155. The molecule has 0 aliphatic carbocycles. The lowest BCUT2D eigenvalue weighted by Gasteiger charge is -2.11.